The fourth-order valence-electron chi connectivity index (χ4n) is 3.64. The first-order chi connectivity index (χ1) is 9.06. The molecule has 4 nitrogen and oxygen atoms in total. The molecule has 3 atom stereocenters. The van der Waals surface area contributed by atoms with E-state index in [2.05, 4.69) is 29.2 Å². The van der Waals surface area contributed by atoms with Gasteiger partial charge in [-0.3, -0.25) is 4.90 Å². The molecule has 2 heterocycles. The lowest BCUT2D eigenvalue weighted by Gasteiger charge is -2.21. The van der Waals surface area contributed by atoms with E-state index in [4.69, 9.17) is 4.52 Å². The average molecular weight is 263 g/mol. The van der Waals surface area contributed by atoms with Crippen LogP contribution < -0.4 is 5.32 Å². The molecule has 4 heteroatoms. The predicted molar refractivity (Wildman–Crippen MR) is 75.1 cm³/mol. The monoisotopic (exact) mass is 263 g/mol. The summed E-state index contributed by atoms with van der Waals surface area (Å²) in [4.78, 5) is 2.68. The maximum atomic E-state index is 5.27. The second-order valence-corrected chi connectivity index (χ2v) is 6.34. The molecule has 2 aliphatic rings. The third-order valence-electron chi connectivity index (χ3n) is 4.65. The van der Waals surface area contributed by atoms with Crippen molar-refractivity contribution in [1.29, 1.82) is 0 Å². The average Bonchev–Trinajstić information content (AvgIpc) is 3.04. The van der Waals surface area contributed by atoms with Crippen LogP contribution in [0.1, 0.15) is 56.2 Å². The van der Waals surface area contributed by atoms with Gasteiger partial charge >= 0.3 is 0 Å². The first kappa shape index (κ1) is 13.1. The zero-order valence-corrected chi connectivity index (χ0v) is 12.4. The van der Waals surface area contributed by atoms with Gasteiger partial charge in [-0.05, 0) is 47.0 Å². The van der Waals surface area contributed by atoms with Crippen LogP contribution in [-0.2, 0) is 0 Å². The Morgan fingerprint density at radius 2 is 2.11 bits per heavy atom. The number of hydrogen-bond acceptors (Lipinski definition) is 4. The van der Waals surface area contributed by atoms with Crippen LogP contribution >= 0.6 is 0 Å². The molecule has 1 saturated carbocycles. The number of nitrogens with zero attached hydrogens (tertiary/aromatic N) is 2. The quantitative estimate of drug-likeness (QED) is 0.906. The highest BCUT2D eigenvalue weighted by atomic mass is 16.5. The van der Waals surface area contributed by atoms with Gasteiger partial charge in [-0.1, -0.05) is 5.16 Å². The highest BCUT2D eigenvalue weighted by Crippen LogP contribution is 2.34. The van der Waals surface area contributed by atoms with Crippen molar-refractivity contribution >= 4 is 0 Å². The van der Waals surface area contributed by atoms with Gasteiger partial charge in [0.25, 0.3) is 0 Å². The van der Waals surface area contributed by atoms with Crippen molar-refractivity contribution < 1.29 is 4.52 Å². The summed E-state index contributed by atoms with van der Waals surface area (Å²) in [6.07, 6.45) is 4.05. The Morgan fingerprint density at radius 3 is 2.68 bits per heavy atom. The van der Waals surface area contributed by atoms with Crippen LogP contribution in [0.3, 0.4) is 0 Å². The molecule has 1 aliphatic carbocycles. The number of likely N-dealkylation sites (tertiary alicyclic amines) is 1. The first-order valence-electron chi connectivity index (χ1n) is 7.50. The predicted octanol–water partition coefficient (Wildman–Crippen LogP) is 2.57. The van der Waals surface area contributed by atoms with Crippen molar-refractivity contribution in [3.63, 3.8) is 0 Å². The van der Waals surface area contributed by atoms with E-state index in [1.807, 2.05) is 13.8 Å². The Morgan fingerprint density at radius 1 is 1.37 bits per heavy atom. The molecule has 0 amide bonds. The van der Waals surface area contributed by atoms with Crippen LogP contribution in [0.15, 0.2) is 4.52 Å². The van der Waals surface area contributed by atoms with E-state index in [1.165, 1.54) is 31.4 Å². The van der Waals surface area contributed by atoms with Crippen molar-refractivity contribution in [3.8, 4) is 0 Å². The lowest BCUT2D eigenvalue weighted by molar-refractivity contribution is 0.254. The van der Waals surface area contributed by atoms with Gasteiger partial charge in [-0.25, -0.2) is 0 Å². The summed E-state index contributed by atoms with van der Waals surface area (Å²) in [5.74, 6) is 0.947. The third-order valence-corrected chi connectivity index (χ3v) is 4.65. The summed E-state index contributed by atoms with van der Waals surface area (Å²) in [6, 6.07) is 2.51. The molecule has 1 aromatic heterocycles. The topological polar surface area (TPSA) is 41.3 Å². The second-order valence-electron chi connectivity index (χ2n) is 6.34. The van der Waals surface area contributed by atoms with E-state index in [-0.39, 0.29) is 0 Å². The molecule has 1 N–H and O–H groups in total. The molecule has 2 fully saturated rings. The summed E-state index contributed by atoms with van der Waals surface area (Å²) in [5.41, 5.74) is 2.25. The van der Waals surface area contributed by atoms with Crippen LogP contribution in [0.25, 0.3) is 0 Å². The first-order valence-corrected chi connectivity index (χ1v) is 7.50. The van der Waals surface area contributed by atoms with Crippen LogP contribution in [0, 0.1) is 13.8 Å². The van der Waals surface area contributed by atoms with Crippen molar-refractivity contribution in [3.05, 3.63) is 17.0 Å². The Balaban J connectivity index is 1.62. The van der Waals surface area contributed by atoms with Gasteiger partial charge in [0.2, 0.25) is 0 Å². The standard InChI is InChI=1S/C15H25N3O/c1-9-7-13(8-18(9)14-5-6-14)16-10(2)15-11(3)17-19-12(15)4/h9-10,13-14,16H,5-8H2,1-4H3. The molecular formula is C15H25N3O. The Kier molecular flexibility index (Phi) is 3.39. The summed E-state index contributed by atoms with van der Waals surface area (Å²) < 4.78 is 5.27. The maximum Gasteiger partial charge on any atom is 0.138 e. The lowest BCUT2D eigenvalue weighted by atomic mass is 10.1. The lowest BCUT2D eigenvalue weighted by Crippen LogP contribution is -2.35. The molecule has 0 aromatic carbocycles. The van der Waals surface area contributed by atoms with Crippen LogP contribution in [0.4, 0.5) is 0 Å². The van der Waals surface area contributed by atoms with Crippen molar-refractivity contribution in [2.45, 2.75) is 71.1 Å². The number of hydrogen-bond donors (Lipinski definition) is 1. The maximum absolute atomic E-state index is 5.27. The van der Waals surface area contributed by atoms with E-state index in [0.717, 1.165) is 23.5 Å². The summed E-state index contributed by atoms with van der Waals surface area (Å²) in [5, 5.41) is 7.82. The molecule has 3 unspecified atom stereocenters. The largest absolute Gasteiger partial charge is 0.361 e. The summed E-state index contributed by atoms with van der Waals surface area (Å²) in [7, 11) is 0. The van der Waals surface area contributed by atoms with Gasteiger partial charge in [0.15, 0.2) is 0 Å². The molecule has 0 radical (unpaired) electrons. The SMILES string of the molecule is Cc1noc(C)c1C(C)NC1CC(C)N(C2CC2)C1. The molecule has 0 spiro atoms. The molecule has 3 rings (SSSR count). The number of rotatable bonds is 4. The molecule has 1 saturated heterocycles. The van der Waals surface area contributed by atoms with E-state index in [9.17, 15) is 0 Å². The highest BCUT2D eigenvalue weighted by Gasteiger charge is 2.39. The van der Waals surface area contributed by atoms with Crippen molar-refractivity contribution in [2.75, 3.05) is 6.54 Å². The number of aryl methyl sites for hydroxylation is 2. The third kappa shape index (κ3) is 2.56. The Labute approximate surface area is 115 Å². The molecule has 0 bridgehead atoms. The van der Waals surface area contributed by atoms with Gasteiger partial charge in [0, 0.05) is 36.3 Å². The normalized spacial score (nSPS) is 29.9. The van der Waals surface area contributed by atoms with E-state index in [0.29, 0.717) is 12.1 Å². The molecular weight excluding hydrogens is 238 g/mol. The minimum absolute atomic E-state index is 0.322. The second kappa shape index (κ2) is 4.91. The Bertz CT molecular complexity index is 433. The van der Waals surface area contributed by atoms with Gasteiger partial charge in [0.05, 0.1) is 5.69 Å². The van der Waals surface area contributed by atoms with E-state index in [1.54, 1.807) is 0 Å². The Hall–Kier alpha value is -0.870. The van der Waals surface area contributed by atoms with E-state index >= 15 is 0 Å². The van der Waals surface area contributed by atoms with Crippen LogP contribution in [0.2, 0.25) is 0 Å². The number of nitrogens with one attached hydrogen (secondary N) is 1. The molecule has 19 heavy (non-hydrogen) atoms. The van der Waals surface area contributed by atoms with Gasteiger partial charge in [0.1, 0.15) is 5.76 Å². The number of aromatic nitrogens is 1. The fourth-order valence-corrected chi connectivity index (χ4v) is 3.64. The summed E-state index contributed by atoms with van der Waals surface area (Å²) >= 11 is 0. The minimum Gasteiger partial charge on any atom is -0.361 e. The smallest absolute Gasteiger partial charge is 0.138 e. The zero-order chi connectivity index (χ0) is 13.6. The fraction of sp³-hybridized carbons (Fsp3) is 0.800. The van der Waals surface area contributed by atoms with Crippen LogP contribution in [-0.4, -0.2) is 34.7 Å². The summed E-state index contributed by atoms with van der Waals surface area (Å²) in [6.45, 7) is 9.80. The highest BCUT2D eigenvalue weighted by molar-refractivity contribution is 5.24. The van der Waals surface area contributed by atoms with Gasteiger partial charge in [-0.15, -0.1) is 0 Å². The van der Waals surface area contributed by atoms with Gasteiger partial charge < -0.3 is 9.84 Å². The van der Waals surface area contributed by atoms with Crippen molar-refractivity contribution in [1.82, 2.24) is 15.4 Å². The minimum atomic E-state index is 0.322. The zero-order valence-electron chi connectivity index (χ0n) is 12.4. The van der Waals surface area contributed by atoms with E-state index < -0.39 is 0 Å². The van der Waals surface area contributed by atoms with Gasteiger partial charge in [-0.2, -0.15) is 0 Å². The van der Waals surface area contributed by atoms with Crippen molar-refractivity contribution in [2.24, 2.45) is 0 Å². The molecule has 106 valence electrons. The van der Waals surface area contributed by atoms with Crippen LogP contribution in [0.5, 0.6) is 0 Å². The molecule has 1 aliphatic heterocycles. The molecule has 1 aromatic rings.